The van der Waals surface area contributed by atoms with Crippen LogP contribution in [0, 0.1) is 5.92 Å². The highest BCUT2D eigenvalue weighted by atomic mass is 28.3. The van der Waals surface area contributed by atoms with Crippen molar-refractivity contribution in [1.29, 1.82) is 0 Å². The first-order valence-electron chi connectivity index (χ1n) is 4.86. The summed E-state index contributed by atoms with van der Waals surface area (Å²) >= 11 is 0. The SMILES string of the molecule is C[C@H](CNCCN)C[Si](C)(C)C. The average molecular weight is 188 g/mol. The average Bonchev–Trinajstić information content (AvgIpc) is 1.84. The largest absolute Gasteiger partial charge is 0.329 e. The molecule has 0 radical (unpaired) electrons. The van der Waals surface area contributed by atoms with E-state index in [1.54, 1.807) is 0 Å². The van der Waals surface area contributed by atoms with Crippen LogP contribution in [0.25, 0.3) is 0 Å². The lowest BCUT2D eigenvalue weighted by Crippen LogP contribution is -2.31. The van der Waals surface area contributed by atoms with Gasteiger partial charge in [-0.25, -0.2) is 0 Å². The van der Waals surface area contributed by atoms with E-state index in [1.165, 1.54) is 6.04 Å². The Morgan fingerprint density at radius 3 is 2.33 bits per heavy atom. The van der Waals surface area contributed by atoms with Gasteiger partial charge in [-0.05, 0) is 12.5 Å². The maximum Gasteiger partial charge on any atom is 0.0445 e. The number of hydrogen-bond donors (Lipinski definition) is 2. The molecule has 0 rings (SSSR count). The summed E-state index contributed by atoms with van der Waals surface area (Å²) in [6, 6.07) is 1.41. The smallest absolute Gasteiger partial charge is 0.0445 e. The molecule has 0 saturated heterocycles. The van der Waals surface area contributed by atoms with Gasteiger partial charge in [0, 0.05) is 21.2 Å². The maximum absolute atomic E-state index is 5.39. The van der Waals surface area contributed by atoms with Crippen LogP contribution in [0.5, 0.6) is 0 Å². The Hall–Kier alpha value is 0.137. The van der Waals surface area contributed by atoms with Crippen molar-refractivity contribution in [2.24, 2.45) is 11.7 Å². The van der Waals surface area contributed by atoms with Crippen molar-refractivity contribution in [3.63, 3.8) is 0 Å². The molecule has 2 nitrogen and oxygen atoms in total. The van der Waals surface area contributed by atoms with E-state index in [-0.39, 0.29) is 0 Å². The predicted molar refractivity (Wildman–Crippen MR) is 59.2 cm³/mol. The molecule has 0 amide bonds. The molecule has 0 aliphatic carbocycles. The summed E-state index contributed by atoms with van der Waals surface area (Å²) in [4.78, 5) is 0. The van der Waals surface area contributed by atoms with Crippen LogP contribution in [0.15, 0.2) is 0 Å². The van der Waals surface area contributed by atoms with Crippen molar-refractivity contribution in [1.82, 2.24) is 5.32 Å². The van der Waals surface area contributed by atoms with Gasteiger partial charge in [0.2, 0.25) is 0 Å². The van der Waals surface area contributed by atoms with E-state index in [1.807, 2.05) is 0 Å². The van der Waals surface area contributed by atoms with E-state index in [0.29, 0.717) is 0 Å². The maximum atomic E-state index is 5.39. The number of rotatable bonds is 6. The molecule has 0 aliphatic rings. The monoisotopic (exact) mass is 188 g/mol. The van der Waals surface area contributed by atoms with Gasteiger partial charge in [0.25, 0.3) is 0 Å². The highest BCUT2D eigenvalue weighted by Crippen LogP contribution is 2.15. The number of nitrogens with two attached hydrogens (primary N) is 1. The van der Waals surface area contributed by atoms with Gasteiger partial charge in [-0.2, -0.15) is 0 Å². The Kier molecular flexibility index (Phi) is 5.79. The molecule has 3 heteroatoms. The van der Waals surface area contributed by atoms with Gasteiger partial charge in [-0.15, -0.1) is 0 Å². The fraction of sp³-hybridized carbons (Fsp3) is 1.00. The molecule has 1 atom stereocenters. The summed E-state index contributed by atoms with van der Waals surface area (Å²) in [6.07, 6.45) is 0. The van der Waals surface area contributed by atoms with Crippen LogP contribution in [0.1, 0.15) is 6.92 Å². The Morgan fingerprint density at radius 2 is 1.92 bits per heavy atom. The lowest BCUT2D eigenvalue weighted by molar-refractivity contribution is 0.552. The lowest BCUT2D eigenvalue weighted by atomic mass is 10.2. The van der Waals surface area contributed by atoms with Crippen molar-refractivity contribution in [3.8, 4) is 0 Å². The van der Waals surface area contributed by atoms with E-state index in [0.717, 1.165) is 25.6 Å². The molecule has 74 valence electrons. The molecular formula is C9H24N2Si. The van der Waals surface area contributed by atoms with Crippen LogP contribution < -0.4 is 11.1 Å². The Bertz CT molecular complexity index is 110. The second-order valence-electron chi connectivity index (χ2n) is 4.86. The normalized spacial score (nSPS) is 14.8. The summed E-state index contributed by atoms with van der Waals surface area (Å²) in [5.41, 5.74) is 5.39. The highest BCUT2D eigenvalue weighted by Gasteiger charge is 2.16. The molecule has 0 saturated carbocycles. The first-order chi connectivity index (χ1) is 5.45. The van der Waals surface area contributed by atoms with Crippen molar-refractivity contribution in [2.75, 3.05) is 19.6 Å². The molecule has 0 spiro atoms. The third kappa shape index (κ3) is 8.24. The third-order valence-electron chi connectivity index (χ3n) is 1.77. The first kappa shape index (κ1) is 12.1. The lowest BCUT2D eigenvalue weighted by Gasteiger charge is -2.21. The van der Waals surface area contributed by atoms with Crippen molar-refractivity contribution < 1.29 is 0 Å². The molecule has 0 bridgehead atoms. The summed E-state index contributed by atoms with van der Waals surface area (Å²) in [6.45, 7) is 12.4. The fourth-order valence-corrected chi connectivity index (χ4v) is 3.80. The third-order valence-corrected chi connectivity index (χ3v) is 3.70. The zero-order chi connectivity index (χ0) is 9.61. The topological polar surface area (TPSA) is 38.0 Å². The predicted octanol–water partition coefficient (Wildman–Crippen LogP) is 1.51. The summed E-state index contributed by atoms with van der Waals surface area (Å²) in [5, 5.41) is 3.35. The zero-order valence-corrected chi connectivity index (χ0v) is 9.98. The molecule has 0 aromatic heterocycles. The van der Waals surface area contributed by atoms with Crippen LogP contribution in [0.3, 0.4) is 0 Å². The molecule has 0 fully saturated rings. The second kappa shape index (κ2) is 5.73. The molecule has 0 aromatic carbocycles. The number of hydrogen-bond acceptors (Lipinski definition) is 2. The molecular weight excluding hydrogens is 164 g/mol. The van der Waals surface area contributed by atoms with Gasteiger partial charge in [0.05, 0.1) is 0 Å². The summed E-state index contributed by atoms with van der Waals surface area (Å²) in [7, 11) is -0.852. The molecule has 0 aromatic rings. The zero-order valence-electron chi connectivity index (χ0n) is 8.98. The van der Waals surface area contributed by atoms with Crippen molar-refractivity contribution >= 4 is 8.07 Å². The van der Waals surface area contributed by atoms with Gasteiger partial charge in [0.15, 0.2) is 0 Å². The molecule has 0 aliphatic heterocycles. The quantitative estimate of drug-likeness (QED) is 0.490. The van der Waals surface area contributed by atoms with E-state index in [2.05, 4.69) is 31.9 Å². The van der Waals surface area contributed by atoms with E-state index in [4.69, 9.17) is 5.73 Å². The Balaban J connectivity index is 3.40. The van der Waals surface area contributed by atoms with Crippen LogP contribution in [-0.2, 0) is 0 Å². The minimum Gasteiger partial charge on any atom is -0.329 e. The molecule has 12 heavy (non-hydrogen) atoms. The standard InChI is InChI=1S/C9H24N2Si/c1-9(7-11-6-5-10)8-12(2,3)4/h9,11H,5-8,10H2,1-4H3/t9-/m1/s1. The highest BCUT2D eigenvalue weighted by molar-refractivity contribution is 6.76. The van der Waals surface area contributed by atoms with E-state index in [9.17, 15) is 0 Å². The van der Waals surface area contributed by atoms with E-state index < -0.39 is 8.07 Å². The minimum absolute atomic E-state index is 0.750. The van der Waals surface area contributed by atoms with Gasteiger partial charge in [-0.1, -0.05) is 32.6 Å². The number of nitrogens with one attached hydrogen (secondary N) is 1. The first-order valence-corrected chi connectivity index (χ1v) is 8.57. The Labute approximate surface area is 77.9 Å². The Morgan fingerprint density at radius 1 is 1.33 bits per heavy atom. The van der Waals surface area contributed by atoms with Crippen molar-refractivity contribution in [3.05, 3.63) is 0 Å². The fourth-order valence-electron chi connectivity index (χ4n) is 1.57. The van der Waals surface area contributed by atoms with Crippen LogP contribution >= 0.6 is 0 Å². The minimum atomic E-state index is -0.852. The second-order valence-corrected chi connectivity index (χ2v) is 10.4. The van der Waals surface area contributed by atoms with Crippen LogP contribution in [0.2, 0.25) is 25.7 Å². The van der Waals surface area contributed by atoms with E-state index >= 15 is 0 Å². The van der Waals surface area contributed by atoms with Crippen LogP contribution in [-0.4, -0.2) is 27.7 Å². The van der Waals surface area contributed by atoms with Gasteiger partial charge in [0.1, 0.15) is 0 Å². The summed E-state index contributed by atoms with van der Waals surface area (Å²) in [5.74, 6) is 0.809. The molecule has 0 heterocycles. The van der Waals surface area contributed by atoms with Gasteiger partial charge >= 0.3 is 0 Å². The molecule has 0 unspecified atom stereocenters. The van der Waals surface area contributed by atoms with Gasteiger partial charge < -0.3 is 11.1 Å². The summed E-state index contributed by atoms with van der Waals surface area (Å²) < 4.78 is 0. The molecule has 3 N–H and O–H groups in total. The van der Waals surface area contributed by atoms with Crippen molar-refractivity contribution in [2.45, 2.75) is 32.6 Å². The van der Waals surface area contributed by atoms with Gasteiger partial charge in [-0.3, -0.25) is 0 Å². The van der Waals surface area contributed by atoms with Crippen LogP contribution in [0.4, 0.5) is 0 Å².